The molecule has 4 aromatic carbocycles. The number of aryl methyl sites for hydroxylation is 8. The van der Waals surface area contributed by atoms with Gasteiger partial charge in [0.1, 0.15) is 0 Å². The molecule has 0 saturated carbocycles. The Morgan fingerprint density at radius 2 is 1.00 bits per heavy atom. The highest BCUT2D eigenvalue weighted by Crippen LogP contribution is 2.33. The topological polar surface area (TPSA) is 0 Å². The molecule has 0 aliphatic carbocycles. The molecule has 0 unspecified atom stereocenters. The van der Waals surface area contributed by atoms with Gasteiger partial charge in [0.05, 0.1) is 0 Å². The van der Waals surface area contributed by atoms with Gasteiger partial charge < -0.3 is 0 Å². The zero-order valence-corrected chi connectivity index (χ0v) is 23.3. The summed E-state index contributed by atoms with van der Waals surface area (Å²) < 4.78 is 27.2. The zero-order chi connectivity index (χ0) is 26.9. The quantitative estimate of drug-likeness (QED) is 0.223. The van der Waals surface area contributed by atoms with Crippen LogP contribution in [-0.2, 0) is 12.8 Å². The molecule has 0 spiro atoms. The van der Waals surface area contributed by atoms with E-state index in [0.717, 1.165) is 47.9 Å². The number of unbranched alkanes of at least 4 members (excludes halogenated alkanes) is 1. The number of benzene rings is 4. The van der Waals surface area contributed by atoms with E-state index in [0.29, 0.717) is 0 Å². The monoisotopic (exact) mass is 496 g/mol. The second-order valence-corrected chi connectivity index (χ2v) is 10.8. The first-order valence-corrected chi connectivity index (χ1v) is 13.3. The van der Waals surface area contributed by atoms with Gasteiger partial charge in [-0.3, -0.25) is 0 Å². The van der Waals surface area contributed by atoms with Crippen molar-refractivity contribution in [2.75, 3.05) is 0 Å². The fourth-order valence-corrected chi connectivity index (χ4v) is 6.10. The predicted octanol–water partition coefficient (Wildman–Crippen LogP) is 10.0. The van der Waals surface area contributed by atoms with Gasteiger partial charge in [0.15, 0.2) is 11.6 Å². The lowest BCUT2D eigenvalue weighted by Gasteiger charge is -2.17. The molecule has 192 valence electrons. The van der Waals surface area contributed by atoms with Crippen LogP contribution in [0.2, 0.25) is 0 Å². The third-order valence-electron chi connectivity index (χ3n) is 7.60. The van der Waals surface area contributed by atoms with E-state index in [1.165, 1.54) is 62.2 Å². The first-order valence-electron chi connectivity index (χ1n) is 13.3. The molecule has 37 heavy (non-hydrogen) atoms. The van der Waals surface area contributed by atoms with Crippen LogP contribution in [0, 0.1) is 60.1 Å². The number of hydrogen-bond acceptors (Lipinski definition) is 0. The van der Waals surface area contributed by atoms with Crippen LogP contribution in [0.1, 0.15) is 62.9 Å². The van der Waals surface area contributed by atoms with E-state index in [1.54, 1.807) is 6.07 Å². The predicted molar refractivity (Wildman–Crippen MR) is 153 cm³/mol. The molecule has 0 saturated heterocycles. The highest BCUT2D eigenvalue weighted by molar-refractivity contribution is 5.73. The van der Waals surface area contributed by atoms with E-state index in [9.17, 15) is 8.78 Å². The van der Waals surface area contributed by atoms with Gasteiger partial charge in [-0.15, -0.1) is 0 Å². The van der Waals surface area contributed by atoms with Crippen molar-refractivity contribution in [2.24, 2.45) is 0 Å². The smallest absolute Gasteiger partial charge is 0.159 e. The first kappa shape index (κ1) is 26.8. The van der Waals surface area contributed by atoms with E-state index in [-0.39, 0.29) is 0 Å². The molecular weight excluding hydrogens is 458 g/mol. The van der Waals surface area contributed by atoms with E-state index in [1.807, 2.05) is 0 Å². The Morgan fingerprint density at radius 1 is 0.486 bits per heavy atom. The van der Waals surface area contributed by atoms with Crippen molar-refractivity contribution >= 4 is 0 Å². The summed E-state index contributed by atoms with van der Waals surface area (Å²) in [5.74, 6) is -1.61. The van der Waals surface area contributed by atoms with Crippen LogP contribution in [0.15, 0.2) is 54.6 Å². The van der Waals surface area contributed by atoms with Gasteiger partial charge in [-0.05, 0) is 153 Å². The molecule has 0 nitrogen and oxygen atoms in total. The summed E-state index contributed by atoms with van der Waals surface area (Å²) in [6.45, 7) is 15.2. The van der Waals surface area contributed by atoms with Gasteiger partial charge >= 0.3 is 0 Å². The Kier molecular flexibility index (Phi) is 7.97. The summed E-state index contributed by atoms with van der Waals surface area (Å²) in [6.07, 6.45) is 4.33. The van der Waals surface area contributed by atoms with Gasteiger partial charge in [0, 0.05) is 0 Å². The molecular formula is C35H38F2. The minimum atomic E-state index is -0.809. The van der Waals surface area contributed by atoms with Gasteiger partial charge in [0.2, 0.25) is 0 Å². The van der Waals surface area contributed by atoms with Gasteiger partial charge in [-0.1, -0.05) is 48.0 Å². The molecule has 0 bridgehead atoms. The molecule has 4 rings (SSSR count). The Bertz CT molecular complexity index is 1390. The normalized spacial score (nSPS) is 11.3. The maximum Gasteiger partial charge on any atom is 0.159 e. The van der Waals surface area contributed by atoms with Crippen LogP contribution in [0.4, 0.5) is 8.78 Å². The van der Waals surface area contributed by atoms with Crippen LogP contribution in [0.5, 0.6) is 0 Å². The Morgan fingerprint density at radius 3 is 1.57 bits per heavy atom. The molecule has 0 amide bonds. The molecule has 0 aliphatic rings. The van der Waals surface area contributed by atoms with Crippen molar-refractivity contribution in [1.82, 2.24) is 0 Å². The zero-order valence-electron chi connectivity index (χ0n) is 23.3. The molecule has 0 heterocycles. The summed E-state index contributed by atoms with van der Waals surface area (Å²) in [4.78, 5) is 0. The molecule has 0 aromatic heterocycles. The largest absolute Gasteiger partial charge is 0.204 e. The minimum absolute atomic E-state index is 0.728. The molecule has 0 atom stereocenters. The van der Waals surface area contributed by atoms with Crippen molar-refractivity contribution in [3.63, 3.8) is 0 Å². The standard InChI is InChI=1S/C35H38F2/c1-21-14-24(4)35(25(5)15-21)30-18-22(2)31(23(3)19-30)11-9-8-10-28-16-26(6)34(27(7)17-28)29-12-13-32(36)33(37)20-29/h12-20H,8-11H2,1-7H3. The Hall–Kier alpha value is -3.26. The van der Waals surface area contributed by atoms with Crippen LogP contribution in [-0.4, -0.2) is 0 Å². The first-order chi connectivity index (χ1) is 17.5. The number of rotatable bonds is 7. The lowest BCUT2D eigenvalue weighted by atomic mass is 9.88. The van der Waals surface area contributed by atoms with Gasteiger partial charge in [0.25, 0.3) is 0 Å². The highest BCUT2D eigenvalue weighted by atomic mass is 19.2. The summed E-state index contributed by atoms with van der Waals surface area (Å²) in [6, 6.07) is 17.8. The van der Waals surface area contributed by atoms with Crippen molar-refractivity contribution in [3.05, 3.63) is 116 Å². The van der Waals surface area contributed by atoms with Gasteiger partial charge in [-0.2, -0.15) is 0 Å². The fourth-order valence-electron chi connectivity index (χ4n) is 6.10. The van der Waals surface area contributed by atoms with E-state index in [2.05, 4.69) is 84.9 Å². The van der Waals surface area contributed by atoms with E-state index in [4.69, 9.17) is 0 Å². The fraction of sp³-hybridized carbons (Fsp3) is 0.314. The van der Waals surface area contributed by atoms with Crippen LogP contribution < -0.4 is 0 Å². The SMILES string of the molecule is Cc1cc(C)c(-c2cc(C)c(CCCCc3cc(C)c(-c4ccc(F)c(F)c4)c(C)c3)c(C)c2)c(C)c1. The summed E-state index contributed by atoms with van der Waals surface area (Å²) in [5, 5.41) is 0. The molecule has 0 radical (unpaired) electrons. The lowest BCUT2D eigenvalue weighted by molar-refractivity contribution is 0.509. The van der Waals surface area contributed by atoms with Crippen LogP contribution >= 0.6 is 0 Å². The van der Waals surface area contributed by atoms with Crippen molar-refractivity contribution in [1.29, 1.82) is 0 Å². The molecule has 0 N–H and O–H groups in total. The third kappa shape index (κ3) is 5.85. The van der Waals surface area contributed by atoms with Crippen LogP contribution in [0.25, 0.3) is 22.3 Å². The second kappa shape index (κ2) is 11.0. The Labute approximate surface area is 221 Å². The highest BCUT2D eigenvalue weighted by Gasteiger charge is 2.13. The average Bonchev–Trinajstić information content (AvgIpc) is 2.79. The summed E-state index contributed by atoms with van der Waals surface area (Å²) in [7, 11) is 0. The molecule has 0 fully saturated rings. The average molecular weight is 497 g/mol. The van der Waals surface area contributed by atoms with Crippen molar-refractivity contribution in [2.45, 2.75) is 74.1 Å². The van der Waals surface area contributed by atoms with E-state index < -0.39 is 11.6 Å². The third-order valence-corrected chi connectivity index (χ3v) is 7.60. The maximum atomic E-state index is 13.8. The van der Waals surface area contributed by atoms with Gasteiger partial charge in [-0.25, -0.2) is 8.78 Å². The Balaban J connectivity index is 1.44. The number of halogens is 2. The minimum Gasteiger partial charge on any atom is -0.204 e. The summed E-state index contributed by atoms with van der Waals surface area (Å²) in [5.41, 5.74) is 16.1. The van der Waals surface area contributed by atoms with Crippen molar-refractivity contribution < 1.29 is 8.78 Å². The van der Waals surface area contributed by atoms with E-state index >= 15 is 0 Å². The summed E-state index contributed by atoms with van der Waals surface area (Å²) >= 11 is 0. The number of hydrogen-bond donors (Lipinski definition) is 0. The molecule has 0 aliphatic heterocycles. The van der Waals surface area contributed by atoms with Crippen LogP contribution in [0.3, 0.4) is 0 Å². The van der Waals surface area contributed by atoms with Crippen molar-refractivity contribution in [3.8, 4) is 22.3 Å². The lowest BCUT2D eigenvalue weighted by Crippen LogP contribution is -1.99. The molecule has 4 aromatic rings. The maximum absolute atomic E-state index is 13.8. The second-order valence-electron chi connectivity index (χ2n) is 10.8. The molecule has 2 heteroatoms.